The van der Waals surface area contributed by atoms with Gasteiger partial charge in [-0.15, -0.1) is 5.10 Å². The molecule has 1 amide bonds. The molecule has 2 atom stereocenters. The van der Waals surface area contributed by atoms with E-state index in [0.717, 1.165) is 17.8 Å². The topological polar surface area (TPSA) is 124 Å². The molecule has 4 aromatic rings. The van der Waals surface area contributed by atoms with E-state index in [1.807, 2.05) is 6.92 Å². The summed E-state index contributed by atoms with van der Waals surface area (Å²) < 4.78 is 45.5. The highest BCUT2D eigenvalue weighted by atomic mass is 19.1. The number of aromatic nitrogens is 4. The van der Waals surface area contributed by atoms with Gasteiger partial charge < -0.3 is 24.5 Å². The molecule has 10 nitrogen and oxygen atoms in total. The average molecular weight is 494 g/mol. The standard InChI is InChI=1S/C24H20F2N6O4/c1-12-9-27-11-19(29-12)35-14-5-3-13(4-6-14)23-31-32-24(36-23)30-21-16(10-28-22(21)33)20-17(25)7-15(34-2)8-18(20)26/h3-9,11,16,21H,10H2,1-2H3,(H,28,33)(H,30,32)/t16-,21-/m0/s1. The van der Waals surface area contributed by atoms with Crippen LogP contribution in [0.2, 0.25) is 0 Å². The van der Waals surface area contributed by atoms with Crippen molar-refractivity contribution < 1.29 is 27.5 Å². The molecular formula is C24H20F2N6O4. The number of carbonyl (C=O) groups excluding carboxylic acids is 1. The molecule has 0 unspecified atom stereocenters. The van der Waals surface area contributed by atoms with E-state index in [1.54, 1.807) is 30.5 Å². The number of anilines is 1. The lowest BCUT2D eigenvalue weighted by atomic mass is 9.93. The van der Waals surface area contributed by atoms with Crippen molar-refractivity contribution in [3.63, 3.8) is 0 Å². The Morgan fingerprint density at radius 2 is 1.83 bits per heavy atom. The molecule has 0 saturated carbocycles. The number of amides is 1. The predicted molar refractivity (Wildman–Crippen MR) is 123 cm³/mol. The Bertz CT molecular complexity index is 1390. The molecular weight excluding hydrogens is 474 g/mol. The molecule has 12 heteroatoms. The van der Waals surface area contributed by atoms with Crippen molar-refractivity contribution in [1.29, 1.82) is 0 Å². The van der Waals surface area contributed by atoms with Gasteiger partial charge in [0, 0.05) is 41.9 Å². The van der Waals surface area contributed by atoms with Gasteiger partial charge in [0.25, 0.3) is 0 Å². The number of benzene rings is 2. The summed E-state index contributed by atoms with van der Waals surface area (Å²) in [5.41, 5.74) is 1.09. The van der Waals surface area contributed by atoms with Crippen LogP contribution in [-0.2, 0) is 4.79 Å². The Morgan fingerprint density at radius 3 is 2.53 bits per heavy atom. The van der Waals surface area contributed by atoms with Crippen molar-refractivity contribution in [2.75, 3.05) is 19.0 Å². The Labute approximate surface area is 203 Å². The van der Waals surface area contributed by atoms with Crippen LogP contribution in [0.4, 0.5) is 14.8 Å². The number of halogens is 2. The fourth-order valence-electron chi connectivity index (χ4n) is 3.90. The molecule has 1 aliphatic rings. The molecule has 184 valence electrons. The van der Waals surface area contributed by atoms with Crippen molar-refractivity contribution in [3.8, 4) is 28.8 Å². The lowest BCUT2D eigenvalue weighted by molar-refractivity contribution is -0.119. The largest absolute Gasteiger partial charge is 0.497 e. The summed E-state index contributed by atoms with van der Waals surface area (Å²) in [7, 11) is 1.31. The van der Waals surface area contributed by atoms with Crippen molar-refractivity contribution >= 4 is 11.9 Å². The zero-order chi connectivity index (χ0) is 25.2. The minimum atomic E-state index is -1.03. The molecule has 2 aromatic carbocycles. The fourth-order valence-corrected chi connectivity index (χ4v) is 3.90. The summed E-state index contributed by atoms with van der Waals surface area (Å²) in [5, 5.41) is 13.3. The summed E-state index contributed by atoms with van der Waals surface area (Å²) in [6.45, 7) is 1.84. The maximum atomic E-state index is 14.6. The summed E-state index contributed by atoms with van der Waals surface area (Å²) in [6.07, 6.45) is 3.13. The number of nitrogens with zero attached hydrogens (tertiary/aromatic N) is 4. The van der Waals surface area contributed by atoms with Gasteiger partial charge in [-0.2, -0.15) is 0 Å². The predicted octanol–water partition coefficient (Wildman–Crippen LogP) is 3.61. The Kier molecular flexibility index (Phi) is 6.15. The molecule has 2 aromatic heterocycles. The third kappa shape index (κ3) is 4.65. The number of hydrogen-bond donors (Lipinski definition) is 2. The van der Waals surface area contributed by atoms with Crippen LogP contribution < -0.4 is 20.1 Å². The fraction of sp³-hybridized carbons (Fsp3) is 0.208. The molecule has 1 aliphatic heterocycles. The van der Waals surface area contributed by atoms with Crippen LogP contribution in [0.1, 0.15) is 17.2 Å². The second-order valence-electron chi connectivity index (χ2n) is 8.02. The first-order valence-electron chi connectivity index (χ1n) is 10.9. The van der Waals surface area contributed by atoms with E-state index >= 15 is 0 Å². The van der Waals surface area contributed by atoms with Gasteiger partial charge in [-0.05, 0) is 31.2 Å². The molecule has 0 radical (unpaired) electrons. The van der Waals surface area contributed by atoms with E-state index < -0.39 is 29.5 Å². The van der Waals surface area contributed by atoms with Crippen LogP contribution in [0.25, 0.3) is 11.5 Å². The van der Waals surface area contributed by atoms with Crippen LogP contribution in [0.5, 0.6) is 17.4 Å². The lowest BCUT2D eigenvalue weighted by Gasteiger charge is -2.19. The zero-order valence-corrected chi connectivity index (χ0v) is 19.2. The number of methoxy groups -OCH3 is 1. The van der Waals surface area contributed by atoms with Gasteiger partial charge in [-0.1, -0.05) is 5.10 Å². The van der Waals surface area contributed by atoms with Gasteiger partial charge in [0.1, 0.15) is 29.2 Å². The number of hydrogen-bond acceptors (Lipinski definition) is 9. The van der Waals surface area contributed by atoms with Crippen molar-refractivity contribution in [2.45, 2.75) is 18.9 Å². The number of aryl methyl sites for hydroxylation is 1. The van der Waals surface area contributed by atoms with Crippen molar-refractivity contribution in [3.05, 3.63) is 71.7 Å². The van der Waals surface area contributed by atoms with E-state index in [1.165, 1.54) is 13.3 Å². The highest BCUT2D eigenvalue weighted by Gasteiger charge is 2.40. The normalized spacial score (nSPS) is 17.1. The first kappa shape index (κ1) is 23.1. The van der Waals surface area contributed by atoms with Gasteiger partial charge in [0.2, 0.25) is 17.7 Å². The minimum absolute atomic E-state index is 0.0322. The van der Waals surface area contributed by atoms with E-state index in [9.17, 15) is 13.6 Å². The molecule has 36 heavy (non-hydrogen) atoms. The second kappa shape index (κ2) is 9.56. The number of nitrogens with one attached hydrogen (secondary N) is 2. The van der Waals surface area contributed by atoms with Gasteiger partial charge in [-0.25, -0.2) is 13.8 Å². The Morgan fingerprint density at radius 1 is 1.08 bits per heavy atom. The smallest absolute Gasteiger partial charge is 0.316 e. The number of carbonyl (C=O) groups is 1. The SMILES string of the molecule is COc1cc(F)c([C@@H]2CNC(=O)[C@H]2Nc2nnc(-c3ccc(Oc4cncc(C)n4)cc3)o2)c(F)c1. The van der Waals surface area contributed by atoms with E-state index in [0.29, 0.717) is 17.2 Å². The Balaban J connectivity index is 1.31. The van der Waals surface area contributed by atoms with Gasteiger partial charge in [-0.3, -0.25) is 9.78 Å². The molecule has 2 N–H and O–H groups in total. The molecule has 1 saturated heterocycles. The first-order chi connectivity index (χ1) is 17.4. The van der Waals surface area contributed by atoms with Crippen LogP contribution >= 0.6 is 0 Å². The minimum Gasteiger partial charge on any atom is -0.497 e. The van der Waals surface area contributed by atoms with Gasteiger partial charge in [0.15, 0.2) is 0 Å². The zero-order valence-electron chi connectivity index (χ0n) is 19.2. The summed E-state index contributed by atoms with van der Waals surface area (Å²) >= 11 is 0. The third-order valence-corrected chi connectivity index (χ3v) is 5.60. The van der Waals surface area contributed by atoms with Gasteiger partial charge in [0.05, 0.1) is 19.0 Å². The maximum absolute atomic E-state index is 14.6. The highest BCUT2D eigenvalue weighted by molar-refractivity contribution is 5.88. The van der Waals surface area contributed by atoms with Crippen molar-refractivity contribution in [2.24, 2.45) is 0 Å². The summed E-state index contributed by atoms with van der Waals surface area (Å²) in [6, 6.07) is 7.87. The van der Waals surface area contributed by atoms with E-state index in [-0.39, 0.29) is 29.8 Å². The maximum Gasteiger partial charge on any atom is 0.316 e. The van der Waals surface area contributed by atoms with Crippen LogP contribution in [0, 0.1) is 18.6 Å². The summed E-state index contributed by atoms with van der Waals surface area (Å²) in [4.78, 5) is 20.7. The highest BCUT2D eigenvalue weighted by Crippen LogP contribution is 2.33. The van der Waals surface area contributed by atoms with Gasteiger partial charge >= 0.3 is 6.01 Å². The molecule has 0 bridgehead atoms. The van der Waals surface area contributed by atoms with Crippen LogP contribution in [0.3, 0.4) is 0 Å². The van der Waals surface area contributed by atoms with Crippen LogP contribution in [-0.4, -0.2) is 45.8 Å². The lowest BCUT2D eigenvalue weighted by Crippen LogP contribution is -2.33. The summed E-state index contributed by atoms with van der Waals surface area (Å²) in [5.74, 6) is -1.81. The third-order valence-electron chi connectivity index (χ3n) is 5.60. The average Bonchev–Trinajstić information content (AvgIpc) is 3.47. The van der Waals surface area contributed by atoms with Crippen molar-refractivity contribution in [1.82, 2.24) is 25.5 Å². The Hall–Kier alpha value is -4.61. The molecule has 0 spiro atoms. The van der Waals surface area contributed by atoms with E-state index in [2.05, 4.69) is 30.8 Å². The molecule has 5 rings (SSSR count). The quantitative estimate of drug-likeness (QED) is 0.396. The number of ether oxygens (including phenoxy) is 2. The first-order valence-corrected chi connectivity index (χ1v) is 10.9. The monoisotopic (exact) mass is 494 g/mol. The molecule has 0 aliphatic carbocycles. The van der Waals surface area contributed by atoms with E-state index in [4.69, 9.17) is 13.9 Å². The second-order valence-corrected chi connectivity index (χ2v) is 8.02. The van der Waals surface area contributed by atoms with Crippen LogP contribution in [0.15, 0.2) is 53.2 Å². The molecule has 3 heterocycles. The number of rotatable bonds is 7. The molecule has 1 fully saturated rings.